The van der Waals surface area contributed by atoms with Crippen LogP contribution < -0.4 is 0 Å². The summed E-state index contributed by atoms with van der Waals surface area (Å²) in [5, 5.41) is 0. The van der Waals surface area contributed by atoms with E-state index in [0.29, 0.717) is 25.7 Å². The van der Waals surface area contributed by atoms with Crippen molar-refractivity contribution in [3.05, 3.63) is 18.2 Å². The third-order valence-corrected chi connectivity index (χ3v) is 6.17. The van der Waals surface area contributed by atoms with Crippen molar-refractivity contribution in [2.45, 2.75) is 40.2 Å². The van der Waals surface area contributed by atoms with Crippen LogP contribution in [0.25, 0.3) is 0 Å². The van der Waals surface area contributed by atoms with Gasteiger partial charge in [-0.25, -0.2) is 4.98 Å². The van der Waals surface area contributed by atoms with E-state index in [4.69, 9.17) is 13.3 Å². The van der Waals surface area contributed by atoms with Crippen molar-refractivity contribution in [3.8, 4) is 0 Å². The van der Waals surface area contributed by atoms with E-state index in [1.165, 1.54) is 0 Å². The minimum absolute atomic E-state index is 0.405. The first-order valence-corrected chi connectivity index (χ1v) is 8.99. The van der Waals surface area contributed by atoms with E-state index in [1.807, 2.05) is 27.0 Å². The van der Waals surface area contributed by atoms with Gasteiger partial charge in [0.1, 0.15) is 5.82 Å². The summed E-state index contributed by atoms with van der Waals surface area (Å²) in [6, 6.07) is 0.823. The van der Waals surface area contributed by atoms with Gasteiger partial charge in [-0.05, 0) is 26.7 Å². The van der Waals surface area contributed by atoms with Crippen LogP contribution in [0.3, 0.4) is 0 Å². The van der Waals surface area contributed by atoms with E-state index in [2.05, 4.69) is 16.9 Å². The topological polar surface area (TPSA) is 56.4 Å². The Morgan fingerprint density at radius 3 is 2.16 bits per heavy atom. The minimum Gasteiger partial charge on any atom is -0.374 e. The molecule has 1 heterocycles. The van der Waals surface area contributed by atoms with Crippen LogP contribution in [0.2, 0.25) is 6.04 Å². The highest BCUT2D eigenvalue weighted by Crippen LogP contribution is 2.23. The molecule has 19 heavy (non-hydrogen) atoms. The number of H-pyrrole nitrogens is 1. The normalized spacial score (nSPS) is 13.7. The first-order chi connectivity index (χ1) is 9.15. The number of imidazole rings is 1. The molecular formula is C13H26N2O3Si. The molecule has 1 aromatic rings. The molecule has 6 heteroatoms. The minimum atomic E-state index is -2.53. The molecule has 110 valence electrons. The Hall–Kier alpha value is -0.693. The molecule has 0 saturated heterocycles. The van der Waals surface area contributed by atoms with Crippen molar-refractivity contribution in [3.63, 3.8) is 0 Å². The van der Waals surface area contributed by atoms with E-state index < -0.39 is 8.80 Å². The van der Waals surface area contributed by atoms with E-state index in [9.17, 15) is 0 Å². The second kappa shape index (κ2) is 8.47. The van der Waals surface area contributed by atoms with Crippen LogP contribution in [-0.2, 0) is 19.7 Å². The maximum Gasteiger partial charge on any atom is 0.501 e. The van der Waals surface area contributed by atoms with Gasteiger partial charge in [0.25, 0.3) is 0 Å². The Kier molecular flexibility index (Phi) is 7.30. The van der Waals surface area contributed by atoms with Crippen molar-refractivity contribution in [2.75, 3.05) is 19.8 Å². The van der Waals surface area contributed by atoms with Crippen LogP contribution in [0.1, 0.15) is 33.5 Å². The van der Waals surface area contributed by atoms with Gasteiger partial charge < -0.3 is 18.3 Å². The van der Waals surface area contributed by atoms with Crippen molar-refractivity contribution in [2.24, 2.45) is 5.92 Å². The molecule has 1 unspecified atom stereocenters. The average molecular weight is 286 g/mol. The fourth-order valence-electron chi connectivity index (χ4n) is 2.20. The highest BCUT2D eigenvalue weighted by atomic mass is 28.4. The highest BCUT2D eigenvalue weighted by Gasteiger charge is 2.41. The first-order valence-electron chi connectivity index (χ1n) is 7.05. The SMILES string of the molecule is CCO[Si](CC(C)Cc1ncc[nH]1)(OCC)OCC. The lowest BCUT2D eigenvalue weighted by atomic mass is 10.1. The fraction of sp³-hybridized carbons (Fsp3) is 0.769. The number of nitrogens with one attached hydrogen (secondary N) is 1. The Labute approximate surface area is 117 Å². The molecule has 0 bridgehead atoms. The number of hydrogen-bond donors (Lipinski definition) is 1. The lowest BCUT2D eigenvalue weighted by Gasteiger charge is -2.30. The van der Waals surface area contributed by atoms with Gasteiger partial charge in [0.2, 0.25) is 0 Å². The predicted octanol–water partition coefficient (Wildman–Crippen LogP) is 2.64. The molecular weight excluding hydrogens is 260 g/mol. The van der Waals surface area contributed by atoms with Crippen LogP contribution in [0.5, 0.6) is 0 Å². The molecule has 0 spiro atoms. The number of aromatic nitrogens is 2. The predicted molar refractivity (Wildman–Crippen MR) is 76.9 cm³/mol. The van der Waals surface area contributed by atoms with Crippen molar-refractivity contribution < 1.29 is 13.3 Å². The molecule has 0 aromatic carbocycles. The molecule has 0 amide bonds. The summed E-state index contributed by atoms with van der Waals surface area (Å²) >= 11 is 0. The van der Waals surface area contributed by atoms with Gasteiger partial charge in [-0.1, -0.05) is 6.92 Å². The van der Waals surface area contributed by atoms with Crippen LogP contribution in [-0.4, -0.2) is 38.6 Å². The molecule has 1 rings (SSSR count). The fourth-order valence-corrected chi connectivity index (χ4v) is 5.12. The van der Waals surface area contributed by atoms with Gasteiger partial charge in [0.15, 0.2) is 0 Å². The Morgan fingerprint density at radius 2 is 1.74 bits per heavy atom. The lowest BCUT2D eigenvalue weighted by molar-refractivity contribution is 0.0676. The maximum absolute atomic E-state index is 5.86. The molecule has 5 nitrogen and oxygen atoms in total. The Morgan fingerprint density at radius 1 is 1.16 bits per heavy atom. The smallest absolute Gasteiger partial charge is 0.374 e. The van der Waals surface area contributed by atoms with Gasteiger partial charge in [-0.2, -0.15) is 0 Å². The lowest BCUT2D eigenvalue weighted by Crippen LogP contribution is -2.47. The largest absolute Gasteiger partial charge is 0.501 e. The quantitative estimate of drug-likeness (QED) is 0.672. The van der Waals surface area contributed by atoms with E-state index in [-0.39, 0.29) is 0 Å². The zero-order valence-electron chi connectivity index (χ0n) is 12.4. The Bertz CT molecular complexity index is 316. The second-order valence-corrected chi connectivity index (χ2v) is 7.17. The standard InChI is InChI=1S/C13H26N2O3Si/c1-5-16-19(17-6-2,18-7-3)11-12(4)10-13-14-8-9-15-13/h8-9,12H,5-7,10-11H2,1-4H3,(H,14,15). The van der Waals surface area contributed by atoms with Gasteiger partial charge >= 0.3 is 8.80 Å². The van der Waals surface area contributed by atoms with Gasteiger partial charge in [0.05, 0.1) is 0 Å². The molecule has 1 atom stereocenters. The molecule has 0 aliphatic rings. The summed E-state index contributed by atoms with van der Waals surface area (Å²) < 4.78 is 17.6. The van der Waals surface area contributed by atoms with E-state index in [0.717, 1.165) is 18.3 Å². The summed E-state index contributed by atoms with van der Waals surface area (Å²) in [5.41, 5.74) is 0. The third-order valence-electron chi connectivity index (χ3n) is 2.79. The molecule has 0 aliphatic carbocycles. The number of rotatable bonds is 10. The second-order valence-electron chi connectivity index (χ2n) is 4.53. The summed E-state index contributed by atoms with van der Waals surface area (Å²) in [5.74, 6) is 1.40. The number of nitrogens with zero attached hydrogens (tertiary/aromatic N) is 1. The molecule has 0 aliphatic heterocycles. The van der Waals surface area contributed by atoms with Crippen LogP contribution in [0.4, 0.5) is 0 Å². The average Bonchev–Trinajstić information content (AvgIpc) is 2.82. The van der Waals surface area contributed by atoms with E-state index >= 15 is 0 Å². The first kappa shape index (κ1) is 16.4. The van der Waals surface area contributed by atoms with Gasteiger partial charge in [-0.3, -0.25) is 0 Å². The van der Waals surface area contributed by atoms with E-state index in [1.54, 1.807) is 6.20 Å². The third kappa shape index (κ3) is 5.44. The van der Waals surface area contributed by atoms with Gasteiger partial charge in [-0.15, -0.1) is 0 Å². The zero-order chi connectivity index (χ0) is 14.1. The van der Waals surface area contributed by atoms with Crippen LogP contribution in [0, 0.1) is 5.92 Å². The summed E-state index contributed by atoms with van der Waals surface area (Å²) in [6.07, 6.45) is 4.51. The van der Waals surface area contributed by atoms with Gasteiger partial charge in [0, 0.05) is 44.7 Å². The highest BCUT2D eigenvalue weighted by molar-refractivity contribution is 6.60. The molecule has 1 N–H and O–H groups in total. The van der Waals surface area contributed by atoms with Crippen molar-refractivity contribution in [1.82, 2.24) is 9.97 Å². The molecule has 0 saturated carbocycles. The zero-order valence-corrected chi connectivity index (χ0v) is 13.4. The van der Waals surface area contributed by atoms with Crippen LogP contribution in [0.15, 0.2) is 12.4 Å². The van der Waals surface area contributed by atoms with Crippen LogP contribution >= 0.6 is 0 Å². The maximum atomic E-state index is 5.86. The summed E-state index contributed by atoms with van der Waals surface area (Å²) in [4.78, 5) is 7.39. The molecule has 0 radical (unpaired) electrons. The van der Waals surface area contributed by atoms with Crippen molar-refractivity contribution in [1.29, 1.82) is 0 Å². The number of aromatic amines is 1. The summed E-state index contributed by atoms with van der Waals surface area (Å²) in [6.45, 7) is 10.0. The number of hydrogen-bond acceptors (Lipinski definition) is 4. The molecule has 0 fully saturated rings. The Balaban J connectivity index is 2.63. The monoisotopic (exact) mass is 286 g/mol. The van der Waals surface area contributed by atoms with Crippen molar-refractivity contribution >= 4 is 8.80 Å². The molecule has 1 aromatic heterocycles. The summed E-state index contributed by atoms with van der Waals surface area (Å²) in [7, 11) is -2.53.